The van der Waals surface area contributed by atoms with Gasteiger partial charge in [0, 0.05) is 12.5 Å². The van der Waals surface area contributed by atoms with Gasteiger partial charge in [-0.15, -0.1) is 0 Å². The Bertz CT molecular complexity index is 721. The molecule has 0 aliphatic carbocycles. The molecule has 0 aliphatic rings. The summed E-state index contributed by atoms with van der Waals surface area (Å²) < 4.78 is 28.1. The first-order valence-electron chi connectivity index (χ1n) is 6.31. The van der Waals surface area contributed by atoms with E-state index in [0.29, 0.717) is 18.0 Å². The number of aromatic nitrogens is 3. The van der Waals surface area contributed by atoms with E-state index >= 15 is 0 Å². The molecule has 0 aliphatic heterocycles. The first-order valence-corrected chi connectivity index (χ1v) is 6.31. The molecule has 0 spiro atoms. The molecule has 3 aromatic rings. The molecule has 0 N–H and O–H groups in total. The Kier molecular flexibility index (Phi) is 3.63. The Morgan fingerprint density at radius 2 is 1.95 bits per heavy atom. The van der Waals surface area contributed by atoms with E-state index in [4.69, 9.17) is 13.8 Å². The highest BCUT2D eigenvalue weighted by Gasteiger charge is 2.10. The lowest BCUT2D eigenvalue weighted by Gasteiger charge is -1.96. The third-order valence-electron chi connectivity index (χ3n) is 2.74. The predicted molar refractivity (Wildman–Crippen MR) is 69.1 cm³/mol. The molecule has 6 nitrogen and oxygen atoms in total. The number of rotatable bonds is 5. The lowest BCUT2D eigenvalue weighted by molar-refractivity contribution is 0.172. The molecule has 2 heterocycles. The van der Waals surface area contributed by atoms with Crippen molar-refractivity contribution < 1.29 is 18.2 Å². The monoisotopic (exact) mass is 289 g/mol. The molecule has 7 heteroatoms. The molecule has 21 heavy (non-hydrogen) atoms. The van der Waals surface area contributed by atoms with Gasteiger partial charge in [0.25, 0.3) is 0 Å². The van der Waals surface area contributed by atoms with Gasteiger partial charge in [0.2, 0.25) is 0 Å². The van der Waals surface area contributed by atoms with E-state index in [1.165, 1.54) is 12.1 Å². The van der Waals surface area contributed by atoms with Crippen LogP contribution in [0.5, 0.6) is 6.08 Å². The van der Waals surface area contributed by atoms with Crippen molar-refractivity contribution in [3.8, 4) is 6.08 Å². The number of hydrogen-bond acceptors (Lipinski definition) is 6. The van der Waals surface area contributed by atoms with Gasteiger partial charge in [-0.3, -0.25) is 4.52 Å². The highest BCUT2D eigenvalue weighted by atomic mass is 19.1. The Balaban J connectivity index is 1.59. The molecule has 0 unspecified atom stereocenters. The predicted octanol–water partition coefficient (Wildman–Crippen LogP) is 2.67. The maximum absolute atomic E-state index is 12.8. The minimum absolute atomic E-state index is 0.0566. The van der Waals surface area contributed by atoms with Gasteiger partial charge in [0.1, 0.15) is 5.82 Å². The highest BCUT2D eigenvalue weighted by molar-refractivity contribution is 5.19. The van der Waals surface area contributed by atoms with Gasteiger partial charge >= 0.3 is 6.08 Å². The fraction of sp³-hybridized carbons (Fsp3) is 0.214. The zero-order valence-electron chi connectivity index (χ0n) is 11.2. The smallest absolute Gasteiger partial charge is 0.417 e. The summed E-state index contributed by atoms with van der Waals surface area (Å²) in [5.74, 6) is 0.759. The molecule has 0 saturated carbocycles. The molecule has 0 radical (unpaired) electrons. The SMILES string of the molecule is Cc1cc(COc2nc(Cc3ccc(F)cc3)no2)on1. The molecule has 108 valence electrons. The Morgan fingerprint density at radius 3 is 2.67 bits per heavy atom. The van der Waals surface area contributed by atoms with E-state index in [1.54, 1.807) is 18.2 Å². The average Bonchev–Trinajstić information content (AvgIpc) is 3.08. The van der Waals surface area contributed by atoms with Crippen LogP contribution in [0.4, 0.5) is 4.39 Å². The van der Waals surface area contributed by atoms with E-state index in [1.807, 2.05) is 6.92 Å². The van der Waals surface area contributed by atoms with Crippen molar-refractivity contribution >= 4 is 0 Å². The highest BCUT2D eigenvalue weighted by Crippen LogP contribution is 2.13. The maximum atomic E-state index is 12.8. The van der Waals surface area contributed by atoms with Crippen molar-refractivity contribution in [3.05, 3.63) is 59.0 Å². The summed E-state index contributed by atoms with van der Waals surface area (Å²) >= 11 is 0. The minimum Gasteiger partial charge on any atom is -0.441 e. The Morgan fingerprint density at radius 1 is 1.14 bits per heavy atom. The van der Waals surface area contributed by atoms with E-state index < -0.39 is 0 Å². The standard InChI is InChI=1S/C14H12FN3O3/c1-9-6-12(20-17-9)8-19-14-16-13(18-21-14)7-10-2-4-11(15)5-3-10/h2-6H,7-8H2,1H3. The summed E-state index contributed by atoms with van der Waals surface area (Å²) in [5, 5.41) is 7.55. The molecule has 0 atom stereocenters. The molecule has 0 fully saturated rings. The third-order valence-corrected chi connectivity index (χ3v) is 2.74. The zero-order chi connectivity index (χ0) is 14.7. The maximum Gasteiger partial charge on any atom is 0.417 e. The van der Waals surface area contributed by atoms with E-state index in [2.05, 4.69) is 15.3 Å². The van der Waals surface area contributed by atoms with Crippen LogP contribution in [-0.4, -0.2) is 15.3 Å². The van der Waals surface area contributed by atoms with Gasteiger partial charge in [-0.05, 0) is 24.6 Å². The second kappa shape index (κ2) is 5.74. The summed E-state index contributed by atoms with van der Waals surface area (Å²) in [4.78, 5) is 4.09. The van der Waals surface area contributed by atoms with Crippen LogP contribution in [0, 0.1) is 12.7 Å². The van der Waals surface area contributed by atoms with Crippen LogP contribution in [0.2, 0.25) is 0 Å². The van der Waals surface area contributed by atoms with Crippen molar-refractivity contribution in [1.29, 1.82) is 0 Å². The molecule has 3 rings (SSSR count). The summed E-state index contributed by atoms with van der Waals surface area (Å²) in [6, 6.07) is 7.88. The Hall–Kier alpha value is -2.70. The first kappa shape index (κ1) is 13.3. The van der Waals surface area contributed by atoms with E-state index in [9.17, 15) is 4.39 Å². The van der Waals surface area contributed by atoms with Crippen LogP contribution in [0.25, 0.3) is 0 Å². The lowest BCUT2D eigenvalue weighted by atomic mass is 10.1. The fourth-order valence-electron chi connectivity index (χ4n) is 1.77. The van der Waals surface area contributed by atoms with Crippen LogP contribution >= 0.6 is 0 Å². The quantitative estimate of drug-likeness (QED) is 0.719. The summed E-state index contributed by atoms with van der Waals surface area (Å²) in [7, 11) is 0. The van der Waals surface area contributed by atoms with Crippen molar-refractivity contribution in [3.63, 3.8) is 0 Å². The van der Waals surface area contributed by atoms with Crippen LogP contribution in [-0.2, 0) is 13.0 Å². The van der Waals surface area contributed by atoms with Gasteiger partial charge in [-0.25, -0.2) is 4.39 Å². The number of hydrogen-bond donors (Lipinski definition) is 0. The number of aryl methyl sites for hydroxylation is 1. The molecule has 2 aromatic heterocycles. The van der Waals surface area contributed by atoms with Gasteiger partial charge in [0.05, 0.1) is 5.69 Å². The van der Waals surface area contributed by atoms with Crippen molar-refractivity contribution in [2.45, 2.75) is 20.0 Å². The van der Waals surface area contributed by atoms with Crippen molar-refractivity contribution in [2.24, 2.45) is 0 Å². The molecule has 0 amide bonds. The van der Waals surface area contributed by atoms with Gasteiger partial charge in [0.15, 0.2) is 18.2 Å². The average molecular weight is 289 g/mol. The number of nitrogens with zero attached hydrogens (tertiary/aromatic N) is 3. The fourth-order valence-corrected chi connectivity index (χ4v) is 1.77. The largest absolute Gasteiger partial charge is 0.441 e. The number of benzene rings is 1. The van der Waals surface area contributed by atoms with Crippen LogP contribution in [0.15, 0.2) is 39.4 Å². The van der Waals surface area contributed by atoms with Gasteiger partial charge in [-0.1, -0.05) is 22.4 Å². The third kappa shape index (κ3) is 3.44. The number of ether oxygens (including phenoxy) is 1. The van der Waals surface area contributed by atoms with E-state index in [-0.39, 0.29) is 18.5 Å². The first-order chi connectivity index (χ1) is 10.2. The van der Waals surface area contributed by atoms with E-state index in [0.717, 1.165) is 11.3 Å². The second-order valence-corrected chi connectivity index (χ2v) is 4.50. The lowest BCUT2D eigenvalue weighted by Crippen LogP contribution is -1.95. The van der Waals surface area contributed by atoms with Gasteiger partial charge in [-0.2, -0.15) is 4.98 Å². The zero-order valence-corrected chi connectivity index (χ0v) is 11.2. The van der Waals surface area contributed by atoms with Crippen LogP contribution in [0.3, 0.4) is 0 Å². The second-order valence-electron chi connectivity index (χ2n) is 4.50. The van der Waals surface area contributed by atoms with Crippen molar-refractivity contribution in [1.82, 2.24) is 15.3 Å². The van der Waals surface area contributed by atoms with Gasteiger partial charge < -0.3 is 9.26 Å². The summed E-state index contributed by atoms with van der Waals surface area (Å²) in [5.41, 5.74) is 1.66. The van der Waals surface area contributed by atoms with Crippen LogP contribution in [0.1, 0.15) is 22.8 Å². The van der Waals surface area contributed by atoms with Crippen LogP contribution < -0.4 is 4.74 Å². The normalized spacial score (nSPS) is 10.8. The molecule has 0 bridgehead atoms. The minimum atomic E-state index is -0.279. The topological polar surface area (TPSA) is 74.2 Å². The number of halogens is 1. The molecule has 0 saturated heterocycles. The summed E-state index contributed by atoms with van der Waals surface area (Å²) in [6.07, 6.45) is 0.496. The Labute approximate surface area is 119 Å². The molecular weight excluding hydrogens is 277 g/mol. The van der Waals surface area contributed by atoms with Crippen molar-refractivity contribution in [2.75, 3.05) is 0 Å². The molecule has 1 aromatic carbocycles. The molecular formula is C14H12FN3O3. The summed E-state index contributed by atoms with van der Waals surface area (Å²) in [6.45, 7) is 1.99.